The minimum absolute atomic E-state index is 0.00621. The molecule has 2 amide bonds. The molecule has 0 bridgehead atoms. The third-order valence-corrected chi connectivity index (χ3v) is 6.69. The maximum atomic E-state index is 12.5. The molecule has 1 saturated heterocycles. The second-order valence-corrected chi connectivity index (χ2v) is 9.89. The number of hydrogen-bond acceptors (Lipinski definition) is 6. The van der Waals surface area contributed by atoms with Gasteiger partial charge >= 0.3 is 0 Å². The van der Waals surface area contributed by atoms with E-state index in [0.717, 1.165) is 0 Å². The van der Waals surface area contributed by atoms with Gasteiger partial charge in [0.15, 0.2) is 0 Å². The molecule has 0 unspecified atom stereocenters. The molecule has 0 saturated carbocycles. The number of rotatable bonds is 6. The number of nitrogens with two attached hydrogens (primary N) is 1. The first-order valence-corrected chi connectivity index (χ1v) is 12.1. The van der Waals surface area contributed by atoms with Crippen LogP contribution >= 0.6 is 11.6 Å². The zero-order chi connectivity index (χ0) is 23.8. The molecule has 3 aromatic rings. The molecule has 0 radical (unpaired) electrons. The van der Waals surface area contributed by atoms with E-state index in [-0.39, 0.29) is 40.9 Å². The van der Waals surface area contributed by atoms with Crippen molar-refractivity contribution in [1.29, 1.82) is 0 Å². The average Bonchev–Trinajstić information content (AvgIpc) is 3.13. The molecule has 2 heterocycles. The van der Waals surface area contributed by atoms with E-state index < -0.39 is 10.0 Å². The lowest BCUT2D eigenvalue weighted by molar-refractivity contribution is -0.135. The molecule has 33 heavy (non-hydrogen) atoms. The predicted octanol–water partition coefficient (Wildman–Crippen LogP) is 1.25. The van der Waals surface area contributed by atoms with Gasteiger partial charge in [0.25, 0.3) is 0 Å². The Hall–Kier alpha value is -2.99. The Morgan fingerprint density at radius 2 is 2.00 bits per heavy atom. The van der Waals surface area contributed by atoms with Crippen molar-refractivity contribution in [2.24, 2.45) is 5.14 Å². The zero-order valence-electron chi connectivity index (χ0n) is 17.9. The maximum absolute atomic E-state index is 12.5. The van der Waals surface area contributed by atoms with Gasteiger partial charge in [-0.25, -0.2) is 13.6 Å². The number of aromatic nitrogens is 2. The van der Waals surface area contributed by atoms with Gasteiger partial charge < -0.3 is 10.2 Å². The van der Waals surface area contributed by atoms with Crippen molar-refractivity contribution < 1.29 is 18.0 Å². The van der Waals surface area contributed by atoms with Gasteiger partial charge in [-0.15, -0.1) is 0 Å². The molecule has 4 rings (SSSR count). The summed E-state index contributed by atoms with van der Waals surface area (Å²) in [7, 11) is -2.36. The van der Waals surface area contributed by atoms with Crippen LogP contribution in [-0.4, -0.2) is 66.5 Å². The number of carbonyl (C=O) groups excluding carboxylic acids is 2. The highest BCUT2D eigenvalue weighted by Gasteiger charge is 2.23. The van der Waals surface area contributed by atoms with E-state index in [2.05, 4.69) is 10.4 Å². The third-order valence-electron chi connectivity index (χ3n) is 5.40. The topological polar surface area (TPSA) is 131 Å². The highest BCUT2D eigenvalue weighted by atomic mass is 35.5. The van der Waals surface area contributed by atoms with Gasteiger partial charge in [0.2, 0.25) is 21.8 Å². The highest BCUT2D eigenvalue weighted by Crippen LogP contribution is 2.26. The molecule has 174 valence electrons. The average molecular weight is 491 g/mol. The Kier molecular flexibility index (Phi) is 6.39. The van der Waals surface area contributed by atoms with Crippen LogP contribution < -0.4 is 10.5 Å². The molecule has 12 heteroatoms. The summed E-state index contributed by atoms with van der Waals surface area (Å²) in [6.07, 6.45) is 1.69. The molecule has 10 nitrogen and oxygen atoms in total. The Labute approximate surface area is 195 Å². The van der Waals surface area contributed by atoms with Crippen molar-refractivity contribution in [3.8, 4) is 0 Å². The lowest BCUT2D eigenvalue weighted by Gasteiger charge is -2.31. The first-order chi connectivity index (χ1) is 15.6. The van der Waals surface area contributed by atoms with Gasteiger partial charge in [-0.05, 0) is 23.8 Å². The summed E-state index contributed by atoms with van der Waals surface area (Å²) in [5.74, 6) is -0.349. The Morgan fingerprint density at radius 3 is 2.70 bits per heavy atom. The van der Waals surface area contributed by atoms with Crippen LogP contribution in [0.1, 0.15) is 5.56 Å². The number of piperazine rings is 1. The van der Waals surface area contributed by atoms with Gasteiger partial charge in [0.1, 0.15) is 10.4 Å². The van der Waals surface area contributed by atoms with Crippen molar-refractivity contribution in [3.05, 3.63) is 53.2 Å². The number of sulfonamides is 1. The number of benzene rings is 2. The summed E-state index contributed by atoms with van der Waals surface area (Å²) in [6, 6.07) is 9.91. The van der Waals surface area contributed by atoms with E-state index >= 15 is 0 Å². The van der Waals surface area contributed by atoms with Gasteiger partial charge in [0.05, 0.1) is 19.6 Å². The van der Waals surface area contributed by atoms with Gasteiger partial charge in [-0.2, -0.15) is 5.10 Å². The molecule has 1 aromatic heterocycles. The third kappa shape index (κ3) is 5.33. The maximum Gasteiger partial charge on any atom is 0.240 e. The Morgan fingerprint density at radius 1 is 1.24 bits per heavy atom. The van der Waals surface area contributed by atoms with Crippen LogP contribution in [0.15, 0.2) is 47.5 Å². The van der Waals surface area contributed by atoms with E-state index in [1.54, 1.807) is 53.2 Å². The fraction of sp³-hybridized carbons (Fsp3) is 0.286. The molecule has 1 aliphatic rings. The van der Waals surface area contributed by atoms with Gasteiger partial charge in [0, 0.05) is 42.4 Å². The van der Waals surface area contributed by atoms with Gasteiger partial charge in [-0.1, -0.05) is 29.8 Å². The van der Waals surface area contributed by atoms with Crippen LogP contribution in [0.3, 0.4) is 0 Å². The minimum Gasteiger partial charge on any atom is -0.343 e. The number of likely N-dealkylation sites (N-methyl/N-ethyl adjacent to an activating group) is 1. The number of nitrogens with zero attached hydrogens (tertiary/aromatic N) is 4. The number of amides is 2. The van der Waals surface area contributed by atoms with Gasteiger partial charge in [-0.3, -0.25) is 19.2 Å². The molecule has 1 fully saturated rings. The van der Waals surface area contributed by atoms with Crippen LogP contribution in [0.4, 0.5) is 5.69 Å². The van der Waals surface area contributed by atoms with Crippen molar-refractivity contribution >= 4 is 50.0 Å². The van der Waals surface area contributed by atoms with Crippen molar-refractivity contribution in [3.63, 3.8) is 0 Å². The fourth-order valence-electron chi connectivity index (χ4n) is 3.67. The molecular weight excluding hydrogens is 468 g/mol. The first kappa shape index (κ1) is 23.2. The number of primary sulfonamides is 1. The monoisotopic (exact) mass is 490 g/mol. The molecule has 0 aliphatic carbocycles. The number of nitrogens with one attached hydrogen (secondary N) is 1. The second-order valence-electron chi connectivity index (χ2n) is 7.95. The zero-order valence-corrected chi connectivity index (χ0v) is 19.4. The summed E-state index contributed by atoms with van der Waals surface area (Å²) in [5.41, 5.74) is 1.12. The number of fused-ring (bicyclic) bond motifs is 1. The van der Waals surface area contributed by atoms with Crippen molar-refractivity contribution in [2.45, 2.75) is 18.0 Å². The minimum atomic E-state index is -4.11. The van der Waals surface area contributed by atoms with Crippen LogP contribution in [0.25, 0.3) is 10.9 Å². The fourth-order valence-corrected chi connectivity index (χ4v) is 4.59. The standard InChI is InChI=1S/C21H23ClN6O4S/c1-26-6-7-27(12-20(26)30)13-28-11-15-8-16(10-18(21(15)25-28)33(23,31)32)24-19(29)9-14-4-2-3-5-17(14)22/h2-5,8,10-11H,6-7,9,12-13H2,1H3,(H,24,29)(H2,23,31,32). The molecule has 0 atom stereocenters. The number of carbonyl (C=O) groups is 2. The van der Waals surface area contributed by atoms with Crippen molar-refractivity contribution in [1.82, 2.24) is 19.6 Å². The van der Waals surface area contributed by atoms with Crippen LogP contribution in [0.2, 0.25) is 5.02 Å². The van der Waals surface area contributed by atoms with E-state index in [9.17, 15) is 18.0 Å². The molecule has 0 spiro atoms. The number of anilines is 1. The summed E-state index contributed by atoms with van der Waals surface area (Å²) < 4.78 is 26.0. The van der Waals surface area contributed by atoms with E-state index in [1.165, 1.54) is 6.07 Å². The predicted molar refractivity (Wildman–Crippen MR) is 124 cm³/mol. The summed E-state index contributed by atoms with van der Waals surface area (Å²) in [5, 5.41) is 13.5. The SMILES string of the molecule is CN1CCN(Cn2cc3cc(NC(=O)Cc4ccccc4Cl)cc(S(N)(=O)=O)c3n2)CC1=O. The summed E-state index contributed by atoms with van der Waals surface area (Å²) in [4.78, 5) is 27.9. The van der Waals surface area contributed by atoms with E-state index in [1.807, 2.05) is 4.90 Å². The number of halogens is 1. The lowest BCUT2D eigenvalue weighted by Crippen LogP contribution is -2.48. The van der Waals surface area contributed by atoms with Crippen LogP contribution in [0.5, 0.6) is 0 Å². The van der Waals surface area contributed by atoms with E-state index in [4.69, 9.17) is 16.7 Å². The van der Waals surface area contributed by atoms with Crippen molar-refractivity contribution in [2.75, 3.05) is 32.0 Å². The molecule has 3 N–H and O–H groups in total. The quantitative estimate of drug-likeness (QED) is 0.534. The molecule has 1 aliphatic heterocycles. The summed E-state index contributed by atoms with van der Waals surface area (Å²) in [6.45, 7) is 1.83. The Balaban J connectivity index is 1.60. The largest absolute Gasteiger partial charge is 0.343 e. The highest BCUT2D eigenvalue weighted by molar-refractivity contribution is 7.89. The van der Waals surface area contributed by atoms with E-state index in [0.29, 0.717) is 35.7 Å². The Bertz CT molecular complexity index is 1340. The molecular formula is C21H23ClN6O4S. The summed E-state index contributed by atoms with van der Waals surface area (Å²) >= 11 is 6.12. The smallest absolute Gasteiger partial charge is 0.240 e. The normalized spacial score (nSPS) is 15.2. The lowest BCUT2D eigenvalue weighted by atomic mass is 10.1. The second kappa shape index (κ2) is 9.10. The number of hydrogen-bond donors (Lipinski definition) is 2. The first-order valence-electron chi connectivity index (χ1n) is 10.1. The van der Waals surface area contributed by atoms with Crippen LogP contribution in [0, 0.1) is 0 Å². The molecule has 2 aromatic carbocycles. The van der Waals surface area contributed by atoms with Crippen LogP contribution in [-0.2, 0) is 32.7 Å².